The van der Waals surface area contributed by atoms with Crippen LogP contribution in [0.3, 0.4) is 0 Å². The lowest BCUT2D eigenvalue weighted by atomic mass is 9.87. The van der Waals surface area contributed by atoms with Gasteiger partial charge in [-0.25, -0.2) is 9.37 Å². The Morgan fingerprint density at radius 3 is 2.89 bits per heavy atom. The van der Waals surface area contributed by atoms with Gasteiger partial charge in [0, 0.05) is 31.0 Å². The molecule has 1 aromatic heterocycles. The van der Waals surface area contributed by atoms with Crippen LogP contribution in [0, 0.1) is 11.7 Å². The Morgan fingerprint density at radius 2 is 2.13 bits per heavy atom. The van der Waals surface area contributed by atoms with E-state index in [9.17, 15) is 14.0 Å². The van der Waals surface area contributed by atoms with Crippen molar-refractivity contribution in [2.24, 2.45) is 5.92 Å². The number of carbonyl (C=O) groups excluding carboxylic acids is 2. The minimum Gasteiger partial charge on any atom is -0.486 e. The smallest absolute Gasteiger partial charge is 0.270 e. The quantitative estimate of drug-likeness (QED) is 0.442. The fourth-order valence-electron chi connectivity index (χ4n) is 5.02. The summed E-state index contributed by atoms with van der Waals surface area (Å²) in [5.74, 6) is -0.0649. The van der Waals surface area contributed by atoms with E-state index in [-0.39, 0.29) is 36.3 Å². The van der Waals surface area contributed by atoms with Gasteiger partial charge < -0.3 is 19.7 Å². The van der Waals surface area contributed by atoms with Crippen LogP contribution >= 0.6 is 11.3 Å². The second-order valence-corrected chi connectivity index (χ2v) is 11.0. The van der Waals surface area contributed by atoms with Crippen molar-refractivity contribution in [1.82, 2.24) is 15.2 Å². The molecule has 0 bridgehead atoms. The Bertz CT molecular complexity index is 1300. The summed E-state index contributed by atoms with van der Waals surface area (Å²) < 4.78 is 25.8. The van der Waals surface area contributed by atoms with Gasteiger partial charge in [0.15, 0.2) is 0 Å². The highest BCUT2D eigenvalue weighted by molar-refractivity contribution is 7.09. The molecule has 2 amide bonds. The molecule has 2 atom stereocenters. The molecule has 0 radical (unpaired) electrons. The molecule has 3 heterocycles. The minimum absolute atomic E-state index is 0.0318. The Morgan fingerprint density at radius 1 is 1.26 bits per heavy atom. The Kier molecular flexibility index (Phi) is 8.04. The maximum absolute atomic E-state index is 14.2. The predicted octanol–water partition coefficient (Wildman–Crippen LogP) is 4.90. The Hall–Kier alpha value is -3.30. The van der Waals surface area contributed by atoms with E-state index in [1.165, 1.54) is 23.5 Å². The van der Waals surface area contributed by atoms with Crippen LogP contribution in [0.4, 0.5) is 4.39 Å². The molecule has 2 aliphatic heterocycles. The molecule has 7 nitrogen and oxygen atoms in total. The lowest BCUT2D eigenvalue weighted by Gasteiger charge is -2.39. The van der Waals surface area contributed by atoms with Crippen molar-refractivity contribution in [3.8, 4) is 5.75 Å². The van der Waals surface area contributed by atoms with Crippen LogP contribution in [-0.4, -0.2) is 47.5 Å². The molecule has 3 aromatic rings. The molecule has 0 aliphatic carbocycles. The van der Waals surface area contributed by atoms with Gasteiger partial charge in [0.2, 0.25) is 5.91 Å². The number of thiazole rings is 1. The van der Waals surface area contributed by atoms with Gasteiger partial charge in [-0.2, -0.15) is 0 Å². The highest BCUT2D eigenvalue weighted by Crippen LogP contribution is 2.38. The maximum atomic E-state index is 14.2. The summed E-state index contributed by atoms with van der Waals surface area (Å²) in [5.41, 5.74) is 3.14. The normalized spacial score (nSPS) is 18.9. The van der Waals surface area contributed by atoms with Crippen molar-refractivity contribution < 1.29 is 23.5 Å². The first kappa shape index (κ1) is 26.3. The van der Waals surface area contributed by atoms with E-state index < -0.39 is 6.04 Å². The molecule has 1 fully saturated rings. The van der Waals surface area contributed by atoms with Gasteiger partial charge in [-0.1, -0.05) is 32.0 Å². The van der Waals surface area contributed by atoms with E-state index in [1.807, 2.05) is 43.0 Å². The summed E-state index contributed by atoms with van der Waals surface area (Å²) in [6.07, 6.45) is 2.78. The second kappa shape index (κ2) is 11.6. The van der Waals surface area contributed by atoms with Crippen LogP contribution in [-0.2, 0) is 22.6 Å². The lowest BCUT2D eigenvalue weighted by Crippen LogP contribution is -2.42. The largest absolute Gasteiger partial charge is 0.486 e. The van der Waals surface area contributed by atoms with Gasteiger partial charge in [0.25, 0.3) is 5.91 Å². The number of hydrogen-bond acceptors (Lipinski definition) is 6. The number of carbonyl (C=O) groups is 2. The van der Waals surface area contributed by atoms with E-state index in [0.29, 0.717) is 29.5 Å². The number of rotatable bonds is 8. The zero-order valence-electron chi connectivity index (χ0n) is 21.6. The summed E-state index contributed by atoms with van der Waals surface area (Å²) in [5, 5.41) is 5.30. The molecule has 5 rings (SSSR count). The monoisotopic (exact) mass is 537 g/mol. The number of fused-ring (bicyclic) bond motifs is 1. The average molecular weight is 538 g/mol. The summed E-state index contributed by atoms with van der Waals surface area (Å²) in [6, 6.07) is 11.9. The molecule has 0 unspecified atom stereocenters. The van der Waals surface area contributed by atoms with Crippen molar-refractivity contribution >= 4 is 23.2 Å². The lowest BCUT2D eigenvalue weighted by molar-refractivity contribution is -0.136. The third-order valence-electron chi connectivity index (χ3n) is 6.95. The van der Waals surface area contributed by atoms with E-state index in [1.54, 1.807) is 11.4 Å². The van der Waals surface area contributed by atoms with Crippen molar-refractivity contribution in [2.75, 3.05) is 19.7 Å². The summed E-state index contributed by atoms with van der Waals surface area (Å²) in [6.45, 7) is 5.77. The standard InChI is InChI=1S/C29H32FN3O4S/c1-18(2)29(35)33-11-10-19-8-9-22(14-24(19)27(33)20-5-3-6-21(30)13-20)37-16-26-32-25(17-38-26)28(34)31-15-23-7-4-12-36-23/h3,5-6,8-9,13-14,17-18,23,27H,4,7,10-12,15-16H2,1-2H3,(H,31,34)/t23-,27-/m1/s1. The van der Waals surface area contributed by atoms with Gasteiger partial charge >= 0.3 is 0 Å². The van der Waals surface area contributed by atoms with Gasteiger partial charge in [0.05, 0.1) is 12.1 Å². The number of nitrogens with zero attached hydrogens (tertiary/aromatic N) is 2. The first-order chi connectivity index (χ1) is 18.4. The predicted molar refractivity (Wildman–Crippen MR) is 143 cm³/mol. The molecule has 1 saturated heterocycles. The van der Waals surface area contributed by atoms with Crippen molar-refractivity contribution in [2.45, 2.75) is 51.9 Å². The highest BCUT2D eigenvalue weighted by atomic mass is 32.1. The van der Waals surface area contributed by atoms with Crippen LogP contribution in [0.2, 0.25) is 0 Å². The molecule has 2 aliphatic rings. The van der Waals surface area contributed by atoms with E-state index in [0.717, 1.165) is 42.6 Å². The van der Waals surface area contributed by atoms with Gasteiger partial charge in [0.1, 0.15) is 28.9 Å². The van der Waals surface area contributed by atoms with Crippen molar-refractivity contribution in [3.63, 3.8) is 0 Å². The SMILES string of the molecule is CC(C)C(=O)N1CCc2ccc(OCc3nc(C(=O)NC[C@H]4CCCO4)cs3)cc2[C@H]1c1cccc(F)c1. The third kappa shape index (κ3) is 5.89. The molecule has 9 heteroatoms. The number of halogens is 1. The van der Waals surface area contributed by atoms with Gasteiger partial charge in [-0.05, 0) is 60.2 Å². The molecule has 200 valence electrons. The molecular weight excluding hydrogens is 505 g/mol. The average Bonchev–Trinajstić information content (AvgIpc) is 3.62. The molecule has 0 saturated carbocycles. The maximum Gasteiger partial charge on any atom is 0.270 e. The van der Waals surface area contributed by atoms with Crippen molar-refractivity contribution in [3.05, 3.63) is 81.1 Å². The Labute approximate surface area is 226 Å². The number of aromatic nitrogens is 1. The first-order valence-electron chi connectivity index (χ1n) is 13.0. The van der Waals surface area contributed by atoms with Crippen molar-refractivity contribution in [1.29, 1.82) is 0 Å². The van der Waals surface area contributed by atoms with Gasteiger partial charge in [-0.15, -0.1) is 11.3 Å². The van der Waals surface area contributed by atoms with Crippen LogP contribution < -0.4 is 10.1 Å². The van der Waals surface area contributed by atoms with E-state index in [4.69, 9.17) is 9.47 Å². The fourth-order valence-corrected chi connectivity index (χ4v) is 5.70. The zero-order chi connectivity index (χ0) is 26.6. The third-order valence-corrected chi connectivity index (χ3v) is 7.77. The fraction of sp³-hybridized carbons (Fsp3) is 0.414. The first-order valence-corrected chi connectivity index (χ1v) is 13.9. The van der Waals surface area contributed by atoms with E-state index >= 15 is 0 Å². The molecular formula is C29H32FN3O4S. The molecule has 0 spiro atoms. The number of nitrogens with one attached hydrogen (secondary N) is 1. The topological polar surface area (TPSA) is 80.8 Å². The highest BCUT2D eigenvalue weighted by Gasteiger charge is 2.33. The van der Waals surface area contributed by atoms with Crippen LogP contribution in [0.15, 0.2) is 47.8 Å². The molecule has 1 N–H and O–H groups in total. The number of amides is 2. The molecule has 2 aromatic carbocycles. The number of benzene rings is 2. The number of hydrogen-bond donors (Lipinski definition) is 1. The zero-order valence-corrected chi connectivity index (χ0v) is 22.4. The number of ether oxygens (including phenoxy) is 2. The summed E-state index contributed by atoms with van der Waals surface area (Å²) >= 11 is 1.37. The second-order valence-electron chi connectivity index (χ2n) is 10.0. The Balaban J connectivity index is 1.31. The van der Waals surface area contributed by atoms with E-state index in [2.05, 4.69) is 10.3 Å². The van der Waals surface area contributed by atoms with Crippen LogP contribution in [0.1, 0.15) is 64.9 Å². The molecule has 38 heavy (non-hydrogen) atoms. The minimum atomic E-state index is -0.396. The summed E-state index contributed by atoms with van der Waals surface area (Å²) in [7, 11) is 0. The van der Waals surface area contributed by atoms with Crippen LogP contribution in [0.5, 0.6) is 5.75 Å². The van der Waals surface area contributed by atoms with Crippen LogP contribution in [0.25, 0.3) is 0 Å². The summed E-state index contributed by atoms with van der Waals surface area (Å²) in [4.78, 5) is 31.8. The van der Waals surface area contributed by atoms with Gasteiger partial charge in [-0.3, -0.25) is 9.59 Å².